The minimum atomic E-state index is -1.10. The van der Waals surface area contributed by atoms with E-state index >= 15 is 0 Å². The fourth-order valence-electron chi connectivity index (χ4n) is 3.71. The van der Waals surface area contributed by atoms with Crippen molar-refractivity contribution in [3.05, 3.63) is 24.0 Å². The smallest absolute Gasteiger partial charge is 0.166 e. The van der Waals surface area contributed by atoms with E-state index < -0.39 is 8.07 Å². The molecule has 1 aliphatic heterocycles. The van der Waals surface area contributed by atoms with E-state index in [1.54, 1.807) is 6.20 Å². The van der Waals surface area contributed by atoms with Crippen LogP contribution in [-0.2, 0) is 11.5 Å². The van der Waals surface area contributed by atoms with Gasteiger partial charge in [0.2, 0.25) is 0 Å². The van der Waals surface area contributed by atoms with Gasteiger partial charge < -0.3 is 19.9 Å². The predicted octanol–water partition coefficient (Wildman–Crippen LogP) is 4.35. The minimum absolute atomic E-state index is 0.123. The second kappa shape index (κ2) is 9.41. The van der Waals surface area contributed by atoms with Gasteiger partial charge in [0.15, 0.2) is 5.78 Å². The third-order valence-electron chi connectivity index (χ3n) is 5.79. The number of piperidine rings is 1. The molecule has 1 aliphatic rings. The quantitative estimate of drug-likeness (QED) is 0.361. The lowest BCUT2D eigenvalue weighted by Gasteiger charge is -2.31. The largest absolute Gasteiger partial charge is 0.380 e. The summed E-state index contributed by atoms with van der Waals surface area (Å²) < 4.78 is 7.96. The number of carbonyl (C=O) groups is 1. The number of ether oxygens (including phenoxy) is 1. The van der Waals surface area contributed by atoms with E-state index in [0.29, 0.717) is 30.7 Å². The Morgan fingerprint density at radius 1 is 1.41 bits per heavy atom. The topological polar surface area (TPSA) is 68.2 Å². The molecule has 1 saturated heterocycles. The highest BCUT2D eigenvalue weighted by Crippen LogP contribution is 2.30. The first kappa shape index (κ1) is 22.0. The Kier molecular flexibility index (Phi) is 7.13. The fraction of sp³-hybridized carbons (Fsp3) is 0.636. The summed E-state index contributed by atoms with van der Waals surface area (Å²) in [5, 5.41) is 8.15. The number of carbonyl (C=O) groups excluding carboxylic acids is 1. The van der Waals surface area contributed by atoms with Crippen LogP contribution in [-0.4, -0.2) is 49.1 Å². The Balaban J connectivity index is 1.85. The average Bonchev–Trinajstić information content (AvgIpc) is 3.09. The number of ketones is 1. The van der Waals surface area contributed by atoms with Crippen molar-refractivity contribution in [3.8, 4) is 0 Å². The first-order valence-electron chi connectivity index (χ1n) is 10.9. The normalized spacial score (nSPS) is 20.2. The van der Waals surface area contributed by atoms with Crippen molar-refractivity contribution >= 4 is 30.6 Å². The Labute approximate surface area is 175 Å². The molecular formula is C22H36N4O2Si. The number of aromatic nitrogens is 2. The van der Waals surface area contributed by atoms with Crippen LogP contribution in [0.5, 0.6) is 0 Å². The zero-order chi connectivity index (χ0) is 21.0. The molecule has 0 aromatic carbocycles. The van der Waals surface area contributed by atoms with Crippen molar-refractivity contribution < 1.29 is 9.53 Å². The van der Waals surface area contributed by atoms with Gasteiger partial charge >= 0.3 is 0 Å². The summed E-state index contributed by atoms with van der Waals surface area (Å²) in [7, 11) is -1.10. The van der Waals surface area contributed by atoms with Crippen molar-refractivity contribution in [2.75, 3.05) is 25.0 Å². The van der Waals surface area contributed by atoms with Crippen LogP contribution >= 0.6 is 0 Å². The summed E-state index contributed by atoms with van der Waals surface area (Å²) in [6, 6.07) is 3.50. The molecule has 0 radical (unpaired) electrons. The minimum Gasteiger partial charge on any atom is -0.380 e. The van der Waals surface area contributed by atoms with E-state index in [-0.39, 0.29) is 5.78 Å². The molecule has 0 unspecified atom stereocenters. The van der Waals surface area contributed by atoms with Crippen LogP contribution in [0.1, 0.15) is 37.0 Å². The molecule has 0 saturated carbocycles. The number of nitrogens with one attached hydrogen (secondary N) is 2. The maximum Gasteiger partial charge on any atom is 0.166 e. The molecule has 160 valence electrons. The molecule has 7 heteroatoms. The lowest BCUT2D eigenvalue weighted by atomic mass is 9.94. The summed E-state index contributed by atoms with van der Waals surface area (Å²) in [5.74, 6) is 0.675. The fourth-order valence-corrected chi connectivity index (χ4v) is 4.47. The SMILES string of the molecule is CCC(=O)c1cnc2c(ccn2COCC[Si](C)(C)C)c1N[C@H]1CNCC[C@H]1C. The van der Waals surface area contributed by atoms with Gasteiger partial charge in [0.25, 0.3) is 0 Å². The van der Waals surface area contributed by atoms with Gasteiger partial charge in [-0.15, -0.1) is 0 Å². The Bertz CT molecular complexity index is 843. The number of fused-ring (bicyclic) bond motifs is 1. The standard InChI is InChI=1S/C22H36N4O2Si/c1-6-20(27)18-13-24-22-17(21(18)25-19-14-23-9-7-16(19)2)8-10-26(22)15-28-11-12-29(3,4)5/h8,10,13,16,19,23H,6-7,9,11-12,14-15H2,1-5H3,(H,24,25)/t16-,19+/m1/s1. The van der Waals surface area contributed by atoms with Gasteiger partial charge in [0.1, 0.15) is 12.4 Å². The maximum atomic E-state index is 12.6. The number of hydrogen-bond donors (Lipinski definition) is 2. The molecule has 2 atom stereocenters. The average molecular weight is 417 g/mol. The van der Waals surface area contributed by atoms with Crippen molar-refractivity contribution in [3.63, 3.8) is 0 Å². The lowest BCUT2D eigenvalue weighted by molar-refractivity contribution is 0.0899. The first-order valence-corrected chi connectivity index (χ1v) is 14.6. The van der Waals surface area contributed by atoms with Crippen LogP contribution in [0.2, 0.25) is 25.7 Å². The number of pyridine rings is 1. The lowest BCUT2D eigenvalue weighted by Crippen LogP contribution is -2.44. The third-order valence-corrected chi connectivity index (χ3v) is 7.50. The van der Waals surface area contributed by atoms with Crippen LogP contribution in [0.4, 0.5) is 5.69 Å². The van der Waals surface area contributed by atoms with E-state index in [1.807, 2.05) is 17.7 Å². The van der Waals surface area contributed by atoms with Gasteiger partial charge in [-0.2, -0.15) is 0 Å². The Morgan fingerprint density at radius 3 is 2.90 bits per heavy atom. The second-order valence-corrected chi connectivity index (χ2v) is 15.0. The number of hydrogen-bond acceptors (Lipinski definition) is 5. The first-order chi connectivity index (χ1) is 13.8. The Hall–Kier alpha value is -1.70. The molecule has 1 fully saturated rings. The highest BCUT2D eigenvalue weighted by atomic mass is 28.3. The summed E-state index contributed by atoms with van der Waals surface area (Å²) in [6.45, 7) is 14.5. The van der Waals surface area contributed by atoms with Gasteiger partial charge in [0.05, 0.1) is 11.3 Å². The van der Waals surface area contributed by atoms with E-state index in [4.69, 9.17) is 4.74 Å². The molecule has 0 aliphatic carbocycles. The van der Waals surface area contributed by atoms with Crippen LogP contribution in [0.3, 0.4) is 0 Å². The van der Waals surface area contributed by atoms with Crippen LogP contribution in [0.15, 0.2) is 18.5 Å². The van der Waals surface area contributed by atoms with E-state index in [1.165, 1.54) is 0 Å². The van der Waals surface area contributed by atoms with E-state index in [0.717, 1.165) is 48.9 Å². The van der Waals surface area contributed by atoms with E-state index in [2.05, 4.69) is 48.2 Å². The summed E-state index contributed by atoms with van der Waals surface area (Å²) in [5.41, 5.74) is 2.48. The van der Waals surface area contributed by atoms with Crippen molar-refractivity contribution in [2.45, 2.75) is 65.1 Å². The molecule has 6 nitrogen and oxygen atoms in total. The van der Waals surface area contributed by atoms with Crippen molar-refractivity contribution in [1.82, 2.24) is 14.9 Å². The number of Topliss-reactive ketones (excluding diaryl/α,β-unsaturated/α-hetero) is 1. The molecule has 2 aromatic rings. The molecule has 29 heavy (non-hydrogen) atoms. The number of rotatable bonds is 9. The molecule has 2 aromatic heterocycles. The maximum absolute atomic E-state index is 12.6. The highest BCUT2D eigenvalue weighted by Gasteiger charge is 2.24. The molecule has 0 amide bonds. The predicted molar refractivity (Wildman–Crippen MR) is 123 cm³/mol. The van der Waals surface area contributed by atoms with Crippen LogP contribution < -0.4 is 10.6 Å². The van der Waals surface area contributed by atoms with Gasteiger partial charge in [-0.3, -0.25) is 4.79 Å². The summed E-state index contributed by atoms with van der Waals surface area (Å²) in [4.78, 5) is 17.2. The number of anilines is 1. The van der Waals surface area contributed by atoms with Crippen molar-refractivity contribution in [1.29, 1.82) is 0 Å². The van der Waals surface area contributed by atoms with Gasteiger partial charge in [0, 0.05) is 51.5 Å². The molecule has 2 N–H and O–H groups in total. The van der Waals surface area contributed by atoms with Gasteiger partial charge in [-0.25, -0.2) is 4.98 Å². The zero-order valence-electron chi connectivity index (χ0n) is 18.5. The Morgan fingerprint density at radius 2 is 2.21 bits per heavy atom. The monoisotopic (exact) mass is 416 g/mol. The van der Waals surface area contributed by atoms with Gasteiger partial charge in [-0.1, -0.05) is 33.5 Å². The van der Waals surface area contributed by atoms with Crippen LogP contribution in [0.25, 0.3) is 11.0 Å². The van der Waals surface area contributed by atoms with E-state index in [9.17, 15) is 4.79 Å². The molecule has 3 rings (SSSR count). The zero-order valence-corrected chi connectivity index (χ0v) is 19.5. The van der Waals surface area contributed by atoms with Crippen molar-refractivity contribution in [2.24, 2.45) is 5.92 Å². The molecule has 0 bridgehead atoms. The highest BCUT2D eigenvalue weighted by molar-refractivity contribution is 6.76. The second-order valence-electron chi connectivity index (χ2n) is 9.42. The summed E-state index contributed by atoms with van der Waals surface area (Å²) in [6.07, 6.45) is 5.35. The molecular weight excluding hydrogens is 380 g/mol. The summed E-state index contributed by atoms with van der Waals surface area (Å²) >= 11 is 0. The number of nitrogens with zero attached hydrogens (tertiary/aromatic N) is 2. The van der Waals surface area contributed by atoms with Crippen LogP contribution in [0, 0.1) is 5.92 Å². The third kappa shape index (κ3) is 5.47. The molecule has 0 spiro atoms. The molecule has 3 heterocycles. The van der Waals surface area contributed by atoms with Gasteiger partial charge in [-0.05, 0) is 31.0 Å².